The van der Waals surface area contributed by atoms with Crippen LogP contribution in [0, 0.1) is 29.6 Å². The van der Waals surface area contributed by atoms with Gasteiger partial charge in [-0.2, -0.15) is 10.5 Å². The predicted octanol–water partition coefficient (Wildman–Crippen LogP) is 2.45. The summed E-state index contributed by atoms with van der Waals surface area (Å²) in [7, 11) is 1.89. The van der Waals surface area contributed by atoms with Gasteiger partial charge in [0.2, 0.25) is 14.2 Å². The van der Waals surface area contributed by atoms with Crippen molar-refractivity contribution < 1.29 is 19.8 Å². The van der Waals surface area contributed by atoms with Gasteiger partial charge in [0.25, 0.3) is 5.69 Å². The topological polar surface area (TPSA) is 104 Å². The number of pyridine rings is 1. The molecule has 0 saturated heterocycles. The molecule has 0 bridgehead atoms. The van der Waals surface area contributed by atoms with Gasteiger partial charge < -0.3 is 14.7 Å². The van der Waals surface area contributed by atoms with Crippen molar-refractivity contribution in [2.24, 2.45) is 0 Å². The molecule has 2 aromatic carbocycles. The van der Waals surface area contributed by atoms with Crippen LogP contribution in [0.15, 0.2) is 54.7 Å². The van der Waals surface area contributed by atoms with Crippen LogP contribution in [0.1, 0.15) is 46.5 Å². The number of benzene rings is 2. The number of aliphatic hydroxyl groups excluding tert-OH is 1. The van der Waals surface area contributed by atoms with Gasteiger partial charge in [0, 0.05) is 35.0 Å². The summed E-state index contributed by atoms with van der Waals surface area (Å²) in [5, 5.41) is 39.1. The number of aromatic nitrogens is 1. The molecular formula is C24H24BN4O3+. The lowest BCUT2D eigenvalue weighted by molar-refractivity contribution is -0.909. The number of nitrogens with zero attached hydrogens (tertiary/aromatic N) is 4. The summed E-state index contributed by atoms with van der Waals surface area (Å²) in [6.07, 6.45) is 0.737. The van der Waals surface area contributed by atoms with Crippen molar-refractivity contribution in [3.63, 3.8) is 0 Å². The number of aliphatic hydroxyl groups is 1. The highest BCUT2D eigenvalue weighted by Crippen LogP contribution is 2.32. The molecule has 1 aromatic heterocycles. The molecule has 0 fully saturated rings. The van der Waals surface area contributed by atoms with E-state index >= 15 is 0 Å². The van der Waals surface area contributed by atoms with Crippen molar-refractivity contribution in [2.75, 3.05) is 4.81 Å². The van der Waals surface area contributed by atoms with Gasteiger partial charge in [-0.25, -0.2) is 0 Å². The highest BCUT2D eigenvalue weighted by Gasteiger charge is 2.27. The molecule has 1 heterocycles. The molecule has 160 valence electrons. The molecule has 1 atom stereocenters. The molecule has 3 aromatic rings. The molecule has 32 heavy (non-hydrogen) atoms. The van der Waals surface area contributed by atoms with Crippen LogP contribution in [-0.2, 0) is 13.2 Å². The first-order valence-corrected chi connectivity index (χ1v) is 10.1. The Bertz CT molecular complexity index is 1200. The largest absolute Gasteiger partial charge is 0.482 e. The molecule has 0 aliphatic rings. The van der Waals surface area contributed by atoms with Crippen LogP contribution < -0.4 is 14.3 Å². The Balaban J connectivity index is 1.93. The Hall–Kier alpha value is -4.01. The fraction of sp³-hybridized carbons (Fsp3) is 0.208. The van der Waals surface area contributed by atoms with Gasteiger partial charge in [0.1, 0.15) is 6.61 Å². The highest BCUT2D eigenvalue weighted by atomic mass is 16.5. The van der Waals surface area contributed by atoms with Crippen molar-refractivity contribution in [3.05, 3.63) is 88.2 Å². The first kappa shape index (κ1) is 22.7. The smallest absolute Gasteiger partial charge is 0.272 e. The third-order valence-corrected chi connectivity index (χ3v) is 5.24. The second-order valence-corrected chi connectivity index (χ2v) is 7.62. The van der Waals surface area contributed by atoms with Crippen molar-refractivity contribution in [1.29, 1.82) is 10.5 Å². The number of hydrogen-bond donors (Lipinski definition) is 2. The molecule has 3 rings (SSSR count). The molecule has 1 unspecified atom stereocenters. The quantitative estimate of drug-likeness (QED) is 0.341. The molecule has 0 aliphatic heterocycles. The van der Waals surface area contributed by atoms with Crippen LogP contribution in [-0.4, -0.2) is 18.3 Å². The Morgan fingerprint density at radius 2 is 1.81 bits per heavy atom. The third-order valence-electron chi connectivity index (χ3n) is 5.24. The molecule has 7 nitrogen and oxygen atoms in total. The van der Waals surface area contributed by atoms with Gasteiger partial charge in [-0.05, 0) is 48.9 Å². The normalized spacial score (nSPS) is 11.3. The number of rotatable bonds is 7. The van der Waals surface area contributed by atoms with E-state index in [0.717, 1.165) is 16.0 Å². The zero-order valence-corrected chi connectivity index (χ0v) is 18.3. The van der Waals surface area contributed by atoms with E-state index in [1.165, 1.54) is 0 Å². The van der Waals surface area contributed by atoms with Gasteiger partial charge >= 0.3 is 0 Å². The standard InChI is InChI=1S/C24H24BN4O3/c1-16-24(32-15-20-5-3-4-19(10-20)12-27)23(17(2)30)21(14-29(16)31)13-28(25)22-8-6-18(11-26)7-9-22/h3-10,14,17,30-31H,13,15,25H2,1-2H3/q+1. The molecule has 0 aliphatic carbocycles. The van der Waals surface area contributed by atoms with E-state index in [4.69, 9.17) is 15.3 Å². The molecule has 2 N–H and O–H groups in total. The van der Waals surface area contributed by atoms with Gasteiger partial charge in [-0.3, -0.25) is 5.21 Å². The molecule has 0 radical (unpaired) electrons. The van der Waals surface area contributed by atoms with E-state index < -0.39 is 6.10 Å². The third kappa shape index (κ3) is 5.00. The maximum atomic E-state index is 10.6. The first-order chi connectivity index (χ1) is 15.3. The molecule has 0 spiro atoms. The van der Waals surface area contributed by atoms with Crippen molar-refractivity contribution in [3.8, 4) is 17.9 Å². The number of nitriles is 2. The van der Waals surface area contributed by atoms with Crippen LogP contribution >= 0.6 is 0 Å². The van der Waals surface area contributed by atoms with Gasteiger partial charge in [0.15, 0.2) is 5.75 Å². The molecule has 8 heteroatoms. The zero-order chi connectivity index (χ0) is 23.3. The van der Waals surface area contributed by atoms with Gasteiger partial charge in [0.05, 0.1) is 29.4 Å². The van der Waals surface area contributed by atoms with E-state index in [9.17, 15) is 10.3 Å². The highest BCUT2D eigenvalue weighted by molar-refractivity contribution is 6.17. The number of hydrogen-bond acceptors (Lipinski definition) is 6. The van der Waals surface area contributed by atoms with Crippen LogP contribution in [0.4, 0.5) is 5.69 Å². The summed E-state index contributed by atoms with van der Waals surface area (Å²) in [4.78, 5) is 1.96. The van der Waals surface area contributed by atoms with E-state index in [0.29, 0.717) is 40.2 Å². The zero-order valence-electron chi connectivity index (χ0n) is 18.3. The van der Waals surface area contributed by atoms with Crippen LogP contribution in [0.2, 0.25) is 0 Å². The molecule has 0 amide bonds. The summed E-state index contributed by atoms with van der Waals surface area (Å²) >= 11 is 0. The second kappa shape index (κ2) is 9.87. The van der Waals surface area contributed by atoms with E-state index in [-0.39, 0.29) is 6.61 Å². The summed E-state index contributed by atoms with van der Waals surface area (Å²) in [6, 6.07) is 18.5. The molecule has 0 saturated carbocycles. The Kier molecular flexibility index (Phi) is 6.99. The lowest BCUT2D eigenvalue weighted by Crippen LogP contribution is -2.36. The minimum Gasteiger partial charge on any atom is -0.482 e. The Labute approximate surface area is 188 Å². The summed E-state index contributed by atoms with van der Waals surface area (Å²) in [5.74, 6) is 0.399. The fourth-order valence-corrected chi connectivity index (χ4v) is 3.55. The van der Waals surface area contributed by atoms with E-state index in [2.05, 4.69) is 12.1 Å². The van der Waals surface area contributed by atoms with E-state index in [1.54, 1.807) is 50.4 Å². The van der Waals surface area contributed by atoms with E-state index in [1.807, 2.05) is 31.0 Å². The number of anilines is 1. The minimum atomic E-state index is -0.834. The average Bonchev–Trinajstić information content (AvgIpc) is 2.80. The fourth-order valence-electron chi connectivity index (χ4n) is 3.55. The SMILES string of the molecule is BN(Cc1c[n+](O)c(C)c(OCc2cccc(C#N)c2)c1C(C)O)c1ccc(C#N)cc1. The Morgan fingerprint density at radius 1 is 1.12 bits per heavy atom. The van der Waals surface area contributed by atoms with Gasteiger partial charge in [-0.1, -0.05) is 12.1 Å². The predicted molar refractivity (Wildman–Crippen MR) is 121 cm³/mol. The lowest BCUT2D eigenvalue weighted by Gasteiger charge is -2.23. The lowest BCUT2D eigenvalue weighted by atomic mass is 10.0. The average molecular weight is 427 g/mol. The van der Waals surface area contributed by atoms with Gasteiger partial charge in [-0.15, -0.1) is 0 Å². The van der Waals surface area contributed by atoms with Crippen molar-refractivity contribution in [1.82, 2.24) is 0 Å². The summed E-state index contributed by atoms with van der Waals surface area (Å²) in [6.45, 7) is 3.95. The van der Waals surface area contributed by atoms with Crippen LogP contribution in [0.25, 0.3) is 0 Å². The van der Waals surface area contributed by atoms with Crippen molar-refractivity contribution >= 4 is 13.7 Å². The number of ether oxygens (including phenoxy) is 1. The monoisotopic (exact) mass is 427 g/mol. The maximum Gasteiger partial charge on any atom is 0.272 e. The second-order valence-electron chi connectivity index (χ2n) is 7.62. The Morgan fingerprint density at radius 3 is 2.44 bits per heavy atom. The van der Waals surface area contributed by atoms with Crippen LogP contribution in [0.3, 0.4) is 0 Å². The minimum absolute atomic E-state index is 0.186. The summed E-state index contributed by atoms with van der Waals surface area (Å²) in [5.41, 5.74) is 4.55. The first-order valence-electron chi connectivity index (χ1n) is 10.1. The van der Waals surface area contributed by atoms with Crippen molar-refractivity contribution in [2.45, 2.75) is 33.1 Å². The maximum absolute atomic E-state index is 10.6. The molecular weight excluding hydrogens is 403 g/mol. The summed E-state index contributed by atoms with van der Waals surface area (Å²) < 4.78 is 7.04. The van der Waals surface area contributed by atoms with Crippen LogP contribution in [0.5, 0.6) is 5.75 Å².